The van der Waals surface area contributed by atoms with Gasteiger partial charge in [-0.3, -0.25) is 14.6 Å². The molecular formula is C13H13N5O. The van der Waals surface area contributed by atoms with Gasteiger partial charge in [-0.05, 0) is 19.1 Å². The Morgan fingerprint density at radius 1 is 1.37 bits per heavy atom. The molecule has 2 heterocycles. The van der Waals surface area contributed by atoms with Gasteiger partial charge in [0.15, 0.2) is 0 Å². The van der Waals surface area contributed by atoms with Gasteiger partial charge in [-0.1, -0.05) is 6.07 Å². The minimum absolute atomic E-state index is 0.167. The summed E-state index contributed by atoms with van der Waals surface area (Å²) in [6.45, 7) is 1.88. The van der Waals surface area contributed by atoms with Crippen LogP contribution in [-0.2, 0) is 7.05 Å². The normalized spacial score (nSPS) is 10.8. The standard InChI is InChI=1S/C13H13N5O/c1-8-5-12(18(2)17-8)15-13(19)9-3-4-10-7-14-16-11(10)6-9/h3-7H,1-2H3,(H,14,16)(H,15,19). The van der Waals surface area contributed by atoms with Crippen molar-refractivity contribution in [1.82, 2.24) is 20.0 Å². The molecule has 0 saturated heterocycles. The number of anilines is 1. The minimum Gasteiger partial charge on any atom is -0.307 e. The number of nitrogens with zero attached hydrogens (tertiary/aromatic N) is 3. The number of carbonyl (C=O) groups excluding carboxylic acids is 1. The second-order valence-electron chi connectivity index (χ2n) is 4.42. The maximum absolute atomic E-state index is 12.2. The van der Waals surface area contributed by atoms with Crippen LogP contribution in [-0.4, -0.2) is 25.9 Å². The summed E-state index contributed by atoms with van der Waals surface area (Å²) in [4.78, 5) is 12.2. The van der Waals surface area contributed by atoms with E-state index in [2.05, 4.69) is 20.6 Å². The summed E-state index contributed by atoms with van der Waals surface area (Å²) in [7, 11) is 1.79. The summed E-state index contributed by atoms with van der Waals surface area (Å²) in [6, 6.07) is 7.24. The largest absolute Gasteiger partial charge is 0.307 e. The van der Waals surface area contributed by atoms with Gasteiger partial charge in [0.2, 0.25) is 0 Å². The number of aromatic amines is 1. The number of aryl methyl sites for hydroxylation is 2. The van der Waals surface area contributed by atoms with E-state index in [0.29, 0.717) is 11.4 Å². The molecule has 0 radical (unpaired) electrons. The number of hydrogen-bond donors (Lipinski definition) is 2. The Hall–Kier alpha value is -2.63. The van der Waals surface area contributed by atoms with E-state index in [-0.39, 0.29) is 5.91 Å². The Bertz CT molecular complexity index is 755. The number of hydrogen-bond acceptors (Lipinski definition) is 3. The molecule has 19 heavy (non-hydrogen) atoms. The Morgan fingerprint density at radius 3 is 2.95 bits per heavy atom. The fourth-order valence-electron chi connectivity index (χ4n) is 1.99. The molecule has 6 nitrogen and oxygen atoms in total. The first-order chi connectivity index (χ1) is 9.13. The molecule has 0 aliphatic heterocycles. The fraction of sp³-hybridized carbons (Fsp3) is 0.154. The smallest absolute Gasteiger partial charge is 0.256 e. The third-order valence-electron chi connectivity index (χ3n) is 2.95. The van der Waals surface area contributed by atoms with Crippen LogP contribution in [0.2, 0.25) is 0 Å². The highest BCUT2D eigenvalue weighted by molar-refractivity contribution is 6.05. The fourth-order valence-corrected chi connectivity index (χ4v) is 1.99. The van der Waals surface area contributed by atoms with Crippen molar-refractivity contribution in [2.75, 3.05) is 5.32 Å². The van der Waals surface area contributed by atoms with Crippen LogP contribution in [0.15, 0.2) is 30.5 Å². The number of H-pyrrole nitrogens is 1. The highest BCUT2D eigenvalue weighted by atomic mass is 16.1. The molecule has 0 saturated carbocycles. The average molecular weight is 255 g/mol. The first-order valence-corrected chi connectivity index (χ1v) is 5.88. The molecule has 0 aliphatic carbocycles. The third kappa shape index (κ3) is 2.08. The molecule has 3 rings (SSSR count). The number of rotatable bonds is 2. The molecule has 0 spiro atoms. The van der Waals surface area contributed by atoms with E-state index in [4.69, 9.17) is 0 Å². The van der Waals surface area contributed by atoms with Gasteiger partial charge in [-0.25, -0.2) is 0 Å². The van der Waals surface area contributed by atoms with Crippen LogP contribution in [0.1, 0.15) is 16.1 Å². The van der Waals surface area contributed by atoms with E-state index in [1.807, 2.05) is 19.1 Å². The van der Waals surface area contributed by atoms with Crippen LogP contribution in [0.3, 0.4) is 0 Å². The lowest BCUT2D eigenvalue weighted by Gasteiger charge is -2.05. The lowest BCUT2D eigenvalue weighted by molar-refractivity contribution is 0.102. The van der Waals surface area contributed by atoms with Crippen LogP contribution >= 0.6 is 0 Å². The van der Waals surface area contributed by atoms with Crippen LogP contribution in [0.5, 0.6) is 0 Å². The molecule has 0 atom stereocenters. The van der Waals surface area contributed by atoms with E-state index in [1.165, 1.54) is 0 Å². The molecular weight excluding hydrogens is 242 g/mol. The summed E-state index contributed by atoms with van der Waals surface area (Å²) >= 11 is 0. The van der Waals surface area contributed by atoms with Crippen molar-refractivity contribution in [1.29, 1.82) is 0 Å². The average Bonchev–Trinajstić information content (AvgIpc) is 2.95. The molecule has 0 fully saturated rings. The second-order valence-corrected chi connectivity index (χ2v) is 4.42. The molecule has 96 valence electrons. The van der Waals surface area contributed by atoms with Gasteiger partial charge in [0.1, 0.15) is 5.82 Å². The quantitative estimate of drug-likeness (QED) is 0.733. The van der Waals surface area contributed by atoms with Crippen molar-refractivity contribution in [3.63, 3.8) is 0 Å². The van der Waals surface area contributed by atoms with Crippen LogP contribution in [0.4, 0.5) is 5.82 Å². The minimum atomic E-state index is -0.167. The highest BCUT2D eigenvalue weighted by Gasteiger charge is 2.10. The number of benzene rings is 1. The van der Waals surface area contributed by atoms with Crippen LogP contribution in [0.25, 0.3) is 10.9 Å². The predicted octanol–water partition coefficient (Wildman–Crippen LogP) is 1.86. The molecule has 0 unspecified atom stereocenters. The van der Waals surface area contributed by atoms with E-state index in [9.17, 15) is 4.79 Å². The highest BCUT2D eigenvalue weighted by Crippen LogP contribution is 2.15. The Labute approximate surface area is 109 Å². The number of aromatic nitrogens is 4. The summed E-state index contributed by atoms with van der Waals surface area (Å²) < 4.78 is 1.64. The van der Waals surface area contributed by atoms with Crippen molar-refractivity contribution < 1.29 is 4.79 Å². The topological polar surface area (TPSA) is 75.6 Å². The zero-order chi connectivity index (χ0) is 13.4. The zero-order valence-electron chi connectivity index (χ0n) is 10.6. The van der Waals surface area contributed by atoms with Crippen molar-refractivity contribution in [3.8, 4) is 0 Å². The number of amides is 1. The van der Waals surface area contributed by atoms with Gasteiger partial charge in [-0.2, -0.15) is 10.2 Å². The van der Waals surface area contributed by atoms with Crippen molar-refractivity contribution >= 4 is 22.6 Å². The Balaban J connectivity index is 1.89. The van der Waals surface area contributed by atoms with Crippen molar-refractivity contribution in [2.45, 2.75) is 6.92 Å². The van der Waals surface area contributed by atoms with Gasteiger partial charge in [-0.15, -0.1) is 0 Å². The molecule has 1 aromatic carbocycles. The Morgan fingerprint density at radius 2 is 2.21 bits per heavy atom. The van der Waals surface area contributed by atoms with E-state index < -0.39 is 0 Å². The van der Waals surface area contributed by atoms with E-state index in [1.54, 1.807) is 30.1 Å². The van der Waals surface area contributed by atoms with Gasteiger partial charge >= 0.3 is 0 Å². The summed E-state index contributed by atoms with van der Waals surface area (Å²) in [6.07, 6.45) is 1.72. The SMILES string of the molecule is Cc1cc(NC(=O)c2ccc3cn[nH]c3c2)n(C)n1. The summed E-state index contributed by atoms with van der Waals surface area (Å²) in [5.41, 5.74) is 2.28. The molecule has 2 aromatic heterocycles. The molecule has 1 amide bonds. The van der Waals surface area contributed by atoms with Gasteiger partial charge in [0.25, 0.3) is 5.91 Å². The summed E-state index contributed by atoms with van der Waals surface area (Å²) in [5, 5.41) is 14.8. The van der Waals surface area contributed by atoms with Crippen molar-refractivity contribution in [2.24, 2.45) is 7.05 Å². The first-order valence-electron chi connectivity index (χ1n) is 5.88. The third-order valence-corrected chi connectivity index (χ3v) is 2.95. The Kier molecular flexibility index (Phi) is 2.56. The number of carbonyl (C=O) groups is 1. The molecule has 2 N–H and O–H groups in total. The second kappa shape index (κ2) is 4.24. The van der Waals surface area contributed by atoms with Crippen LogP contribution < -0.4 is 5.32 Å². The molecule has 6 heteroatoms. The monoisotopic (exact) mass is 255 g/mol. The maximum Gasteiger partial charge on any atom is 0.256 e. The van der Waals surface area contributed by atoms with Gasteiger partial charge in [0, 0.05) is 24.1 Å². The molecule has 0 bridgehead atoms. The summed E-state index contributed by atoms with van der Waals surface area (Å²) in [5.74, 6) is 0.506. The van der Waals surface area contributed by atoms with E-state index in [0.717, 1.165) is 16.6 Å². The lowest BCUT2D eigenvalue weighted by atomic mass is 10.1. The zero-order valence-corrected chi connectivity index (χ0v) is 10.6. The van der Waals surface area contributed by atoms with Gasteiger partial charge < -0.3 is 5.32 Å². The molecule has 0 aliphatic rings. The van der Waals surface area contributed by atoms with Gasteiger partial charge in [0.05, 0.1) is 17.4 Å². The lowest BCUT2D eigenvalue weighted by Crippen LogP contribution is -2.14. The number of fused-ring (bicyclic) bond motifs is 1. The first kappa shape index (κ1) is 11.5. The van der Waals surface area contributed by atoms with Crippen molar-refractivity contribution in [3.05, 3.63) is 41.7 Å². The van der Waals surface area contributed by atoms with E-state index >= 15 is 0 Å². The molecule has 3 aromatic rings. The van der Waals surface area contributed by atoms with Crippen LogP contribution in [0, 0.1) is 6.92 Å². The predicted molar refractivity (Wildman–Crippen MR) is 72.0 cm³/mol. The number of nitrogens with one attached hydrogen (secondary N) is 2. The maximum atomic E-state index is 12.2.